The van der Waals surface area contributed by atoms with E-state index in [1.54, 1.807) is 0 Å². The van der Waals surface area contributed by atoms with Crippen molar-refractivity contribution in [2.24, 2.45) is 5.73 Å². The number of anilines is 1. The fourth-order valence-corrected chi connectivity index (χ4v) is 1.69. The lowest BCUT2D eigenvalue weighted by Crippen LogP contribution is -2.22. The van der Waals surface area contributed by atoms with Crippen molar-refractivity contribution in [3.8, 4) is 11.1 Å². The summed E-state index contributed by atoms with van der Waals surface area (Å²) in [7, 11) is 0. The monoisotopic (exact) mass is 298 g/mol. The van der Waals surface area contributed by atoms with E-state index in [2.05, 4.69) is 5.32 Å². The lowest BCUT2D eigenvalue weighted by Gasteiger charge is -2.11. The van der Waals surface area contributed by atoms with Gasteiger partial charge in [0.2, 0.25) is 5.91 Å². The molecule has 0 aliphatic heterocycles. The molecule has 2 aromatic rings. The van der Waals surface area contributed by atoms with Crippen LogP contribution in [0.25, 0.3) is 11.1 Å². The Labute approximate surface area is 121 Å². The smallest absolute Gasteiger partial charge is 0.238 e. The molecule has 0 aliphatic rings. The molecule has 1 amide bonds. The quantitative estimate of drug-likeness (QED) is 0.915. The molecule has 0 saturated heterocycles. The van der Waals surface area contributed by atoms with E-state index in [1.807, 2.05) is 0 Å². The number of nitrogens with one attached hydrogen (secondary N) is 1. The first-order chi connectivity index (χ1) is 9.10. The van der Waals surface area contributed by atoms with Gasteiger partial charge < -0.3 is 11.1 Å². The molecule has 3 N–H and O–H groups in total. The van der Waals surface area contributed by atoms with Crippen LogP contribution < -0.4 is 11.1 Å². The van der Waals surface area contributed by atoms with Gasteiger partial charge in [-0.15, -0.1) is 12.4 Å². The van der Waals surface area contributed by atoms with E-state index in [4.69, 9.17) is 5.73 Å². The molecule has 0 atom stereocenters. The average Bonchev–Trinajstić information content (AvgIpc) is 2.41. The lowest BCUT2D eigenvalue weighted by atomic mass is 10.0. The molecule has 106 valence electrons. The lowest BCUT2D eigenvalue weighted by molar-refractivity contribution is -0.114. The van der Waals surface area contributed by atoms with Gasteiger partial charge in [0.15, 0.2) is 0 Å². The number of halogens is 3. The molecule has 0 heterocycles. The fraction of sp³-hybridized carbons (Fsp3) is 0.0714. The molecule has 20 heavy (non-hydrogen) atoms. The van der Waals surface area contributed by atoms with Gasteiger partial charge in [-0.1, -0.05) is 12.1 Å². The predicted octanol–water partition coefficient (Wildman–Crippen LogP) is 2.95. The molecule has 6 heteroatoms. The maximum absolute atomic E-state index is 13.3. The first-order valence-corrected chi connectivity index (χ1v) is 5.65. The molecule has 0 radical (unpaired) electrons. The van der Waals surface area contributed by atoms with Gasteiger partial charge in [-0.3, -0.25) is 4.79 Å². The third kappa shape index (κ3) is 3.76. The topological polar surface area (TPSA) is 55.1 Å². The highest BCUT2D eigenvalue weighted by Crippen LogP contribution is 2.29. The van der Waals surface area contributed by atoms with Crippen molar-refractivity contribution in [2.45, 2.75) is 0 Å². The second-order valence-electron chi connectivity index (χ2n) is 3.95. The third-order valence-corrected chi connectivity index (χ3v) is 2.60. The van der Waals surface area contributed by atoms with Crippen molar-refractivity contribution in [3.63, 3.8) is 0 Å². The van der Waals surface area contributed by atoms with Gasteiger partial charge in [0.1, 0.15) is 11.6 Å². The van der Waals surface area contributed by atoms with E-state index in [9.17, 15) is 13.6 Å². The van der Waals surface area contributed by atoms with Crippen molar-refractivity contribution < 1.29 is 13.6 Å². The predicted molar refractivity (Wildman–Crippen MR) is 76.7 cm³/mol. The first-order valence-electron chi connectivity index (χ1n) is 5.65. The number of nitrogens with two attached hydrogens (primary N) is 1. The van der Waals surface area contributed by atoms with Crippen LogP contribution in [0.2, 0.25) is 0 Å². The van der Waals surface area contributed by atoms with Gasteiger partial charge in [0.25, 0.3) is 0 Å². The first kappa shape index (κ1) is 16.1. The highest BCUT2D eigenvalue weighted by Gasteiger charge is 2.09. The van der Waals surface area contributed by atoms with E-state index < -0.39 is 5.82 Å². The van der Waals surface area contributed by atoms with Gasteiger partial charge in [-0.25, -0.2) is 8.78 Å². The largest absolute Gasteiger partial charge is 0.324 e. The Morgan fingerprint density at radius 3 is 2.25 bits per heavy atom. The minimum absolute atomic E-state index is 0. The summed E-state index contributed by atoms with van der Waals surface area (Å²) in [6, 6.07) is 9.54. The SMILES string of the molecule is Cl.NCC(=O)Nc1ccc(F)cc1-c1ccc(F)cc1. The van der Waals surface area contributed by atoms with E-state index in [0.717, 1.165) is 0 Å². The summed E-state index contributed by atoms with van der Waals surface area (Å²) in [6.07, 6.45) is 0. The van der Waals surface area contributed by atoms with Crippen LogP contribution in [0.1, 0.15) is 0 Å². The molecule has 2 aromatic carbocycles. The number of hydrogen-bond acceptors (Lipinski definition) is 2. The average molecular weight is 299 g/mol. The van der Waals surface area contributed by atoms with Crippen LogP contribution in [0.15, 0.2) is 42.5 Å². The van der Waals surface area contributed by atoms with Crippen molar-refractivity contribution in [1.29, 1.82) is 0 Å². The van der Waals surface area contributed by atoms with Crippen LogP contribution in [0.4, 0.5) is 14.5 Å². The maximum atomic E-state index is 13.3. The molecule has 0 unspecified atom stereocenters. The number of hydrogen-bond donors (Lipinski definition) is 2. The molecule has 0 saturated carbocycles. The zero-order chi connectivity index (χ0) is 13.8. The van der Waals surface area contributed by atoms with Crippen molar-refractivity contribution in [3.05, 3.63) is 54.1 Å². The van der Waals surface area contributed by atoms with E-state index in [-0.39, 0.29) is 30.7 Å². The molecule has 3 nitrogen and oxygen atoms in total. The molecular formula is C14H13ClF2N2O. The molecule has 0 aromatic heterocycles. The second-order valence-corrected chi connectivity index (χ2v) is 3.95. The van der Waals surface area contributed by atoms with Gasteiger partial charge >= 0.3 is 0 Å². The van der Waals surface area contributed by atoms with Crippen LogP contribution >= 0.6 is 12.4 Å². The number of amides is 1. The summed E-state index contributed by atoms with van der Waals surface area (Å²) < 4.78 is 26.2. The van der Waals surface area contributed by atoms with Crippen LogP contribution in [-0.2, 0) is 4.79 Å². The minimum atomic E-state index is -0.440. The Morgan fingerprint density at radius 1 is 1.05 bits per heavy atom. The van der Waals surface area contributed by atoms with Crippen molar-refractivity contribution >= 4 is 24.0 Å². The number of rotatable bonds is 3. The number of carbonyl (C=O) groups excluding carboxylic acids is 1. The van der Waals surface area contributed by atoms with Crippen LogP contribution in [0.5, 0.6) is 0 Å². The van der Waals surface area contributed by atoms with E-state index >= 15 is 0 Å². The van der Waals surface area contributed by atoms with Gasteiger partial charge in [0.05, 0.1) is 6.54 Å². The fourth-order valence-electron chi connectivity index (χ4n) is 1.69. The molecule has 0 aliphatic carbocycles. The second kappa shape index (κ2) is 6.98. The zero-order valence-electron chi connectivity index (χ0n) is 10.4. The molecular weight excluding hydrogens is 286 g/mol. The Hall–Kier alpha value is -1.98. The summed E-state index contributed by atoms with van der Waals surface area (Å²) in [5, 5.41) is 2.58. The Kier molecular flexibility index (Phi) is 5.61. The van der Waals surface area contributed by atoms with E-state index in [1.165, 1.54) is 42.5 Å². The summed E-state index contributed by atoms with van der Waals surface area (Å²) >= 11 is 0. The van der Waals surface area contributed by atoms with Crippen LogP contribution in [-0.4, -0.2) is 12.5 Å². The maximum Gasteiger partial charge on any atom is 0.238 e. The molecule has 0 fully saturated rings. The normalized spacial score (nSPS) is 9.75. The van der Waals surface area contributed by atoms with Crippen LogP contribution in [0.3, 0.4) is 0 Å². The molecule has 0 spiro atoms. The zero-order valence-corrected chi connectivity index (χ0v) is 11.2. The van der Waals surface area contributed by atoms with Crippen LogP contribution in [0, 0.1) is 11.6 Å². The third-order valence-electron chi connectivity index (χ3n) is 2.60. The standard InChI is InChI=1S/C14H12F2N2O.ClH/c15-10-3-1-9(2-4-10)12-7-11(16)5-6-13(12)18-14(19)8-17;/h1-7H,8,17H2,(H,18,19);1H. The minimum Gasteiger partial charge on any atom is -0.324 e. The number of benzene rings is 2. The molecule has 0 bridgehead atoms. The Bertz CT molecular complexity index is 603. The molecule has 2 rings (SSSR count). The van der Waals surface area contributed by atoms with Crippen molar-refractivity contribution in [1.82, 2.24) is 0 Å². The van der Waals surface area contributed by atoms with Crippen molar-refractivity contribution in [2.75, 3.05) is 11.9 Å². The highest BCUT2D eigenvalue weighted by molar-refractivity contribution is 5.96. The van der Waals surface area contributed by atoms with Gasteiger partial charge in [0, 0.05) is 11.3 Å². The highest BCUT2D eigenvalue weighted by atomic mass is 35.5. The Balaban J connectivity index is 0.00000200. The summed E-state index contributed by atoms with van der Waals surface area (Å²) in [5.74, 6) is -1.20. The number of carbonyl (C=O) groups is 1. The van der Waals surface area contributed by atoms with E-state index in [0.29, 0.717) is 16.8 Å². The summed E-state index contributed by atoms with van der Waals surface area (Å²) in [4.78, 5) is 11.3. The van der Waals surface area contributed by atoms with Gasteiger partial charge in [-0.2, -0.15) is 0 Å². The van der Waals surface area contributed by atoms with Gasteiger partial charge in [-0.05, 0) is 35.9 Å². The summed E-state index contributed by atoms with van der Waals surface area (Å²) in [6.45, 7) is -0.166. The summed E-state index contributed by atoms with van der Waals surface area (Å²) in [5.41, 5.74) is 6.74. The Morgan fingerprint density at radius 2 is 1.65 bits per heavy atom.